The molecular weight excluding hydrogens is 476 g/mol. The standard InChI is InChI=1S/C22H22Cl3N5.ClH/c1-29-20(14-6-10-30(11-7-14)19-17(24)12-26-13-18(19)25)27-28-21(29)22(8-9-22)15-2-4-16(23)5-3-15;/h2-5,12-14H,6-11H2,1H3;1H. The minimum Gasteiger partial charge on any atom is -0.369 e. The summed E-state index contributed by atoms with van der Waals surface area (Å²) < 4.78 is 2.22. The summed E-state index contributed by atoms with van der Waals surface area (Å²) in [5, 5.41) is 11.2. The van der Waals surface area contributed by atoms with Gasteiger partial charge in [-0.15, -0.1) is 22.6 Å². The van der Waals surface area contributed by atoms with Crippen LogP contribution in [0.15, 0.2) is 36.7 Å². The fraction of sp³-hybridized carbons (Fsp3) is 0.409. The minimum absolute atomic E-state index is 0. The lowest BCUT2D eigenvalue weighted by Gasteiger charge is -2.34. The van der Waals surface area contributed by atoms with Gasteiger partial charge in [-0.05, 0) is 43.4 Å². The van der Waals surface area contributed by atoms with Crippen molar-refractivity contribution in [2.24, 2.45) is 7.05 Å². The van der Waals surface area contributed by atoms with Crippen LogP contribution in [0.1, 0.15) is 48.8 Å². The molecular formula is C22H23Cl4N5. The number of anilines is 1. The predicted octanol–water partition coefficient (Wildman–Crippen LogP) is 6.06. The zero-order chi connectivity index (χ0) is 20.9. The Balaban J connectivity index is 0.00000231. The first-order chi connectivity index (χ1) is 14.5. The topological polar surface area (TPSA) is 46.8 Å². The van der Waals surface area contributed by atoms with Gasteiger partial charge in [0.05, 0.1) is 21.1 Å². The summed E-state index contributed by atoms with van der Waals surface area (Å²) in [6, 6.07) is 8.15. The lowest BCUT2D eigenvalue weighted by atomic mass is 9.93. The van der Waals surface area contributed by atoms with Crippen molar-refractivity contribution in [1.29, 1.82) is 0 Å². The van der Waals surface area contributed by atoms with Crippen LogP contribution in [0.5, 0.6) is 0 Å². The molecule has 9 heteroatoms. The maximum absolute atomic E-state index is 6.35. The van der Waals surface area contributed by atoms with Crippen LogP contribution >= 0.6 is 47.2 Å². The number of rotatable bonds is 4. The summed E-state index contributed by atoms with van der Waals surface area (Å²) in [5.74, 6) is 2.49. The van der Waals surface area contributed by atoms with Gasteiger partial charge >= 0.3 is 0 Å². The normalized spacial score (nSPS) is 18.0. The molecule has 2 aromatic heterocycles. The lowest BCUT2D eigenvalue weighted by Crippen LogP contribution is -2.34. The van der Waals surface area contributed by atoms with E-state index in [0.717, 1.165) is 61.1 Å². The number of hydrogen-bond acceptors (Lipinski definition) is 4. The summed E-state index contributed by atoms with van der Waals surface area (Å²) in [5.41, 5.74) is 2.12. The largest absolute Gasteiger partial charge is 0.369 e. The van der Waals surface area contributed by atoms with Crippen molar-refractivity contribution in [1.82, 2.24) is 19.7 Å². The van der Waals surface area contributed by atoms with Gasteiger partial charge < -0.3 is 9.47 Å². The first-order valence-corrected chi connectivity index (χ1v) is 11.3. The zero-order valence-corrected chi connectivity index (χ0v) is 20.1. The maximum atomic E-state index is 6.35. The van der Waals surface area contributed by atoms with Crippen LogP contribution in [0, 0.1) is 0 Å². The predicted molar refractivity (Wildman–Crippen MR) is 128 cm³/mol. The quantitative estimate of drug-likeness (QED) is 0.438. The zero-order valence-electron chi connectivity index (χ0n) is 17.1. The van der Waals surface area contributed by atoms with Crippen molar-refractivity contribution in [3.8, 4) is 0 Å². The average molecular weight is 499 g/mol. The second-order valence-electron chi connectivity index (χ2n) is 8.24. The summed E-state index contributed by atoms with van der Waals surface area (Å²) >= 11 is 18.8. The van der Waals surface area contributed by atoms with Crippen molar-refractivity contribution in [2.75, 3.05) is 18.0 Å². The second kappa shape index (κ2) is 8.78. The van der Waals surface area contributed by atoms with E-state index in [1.807, 2.05) is 12.1 Å². The van der Waals surface area contributed by atoms with Gasteiger partial charge in [-0.2, -0.15) is 0 Å². The average Bonchev–Trinajstić information content (AvgIpc) is 3.45. The van der Waals surface area contributed by atoms with E-state index in [-0.39, 0.29) is 17.8 Å². The summed E-state index contributed by atoms with van der Waals surface area (Å²) in [6.45, 7) is 1.75. The third kappa shape index (κ3) is 4.02. The van der Waals surface area contributed by atoms with Crippen LogP contribution in [0.25, 0.3) is 0 Å². The highest BCUT2D eigenvalue weighted by Crippen LogP contribution is 2.53. The minimum atomic E-state index is -0.0244. The molecule has 164 valence electrons. The Morgan fingerprint density at radius 3 is 2.13 bits per heavy atom. The van der Waals surface area contributed by atoms with Gasteiger partial charge in [0.2, 0.25) is 0 Å². The third-order valence-corrected chi connectivity index (χ3v) is 7.29. The van der Waals surface area contributed by atoms with E-state index < -0.39 is 0 Å². The molecule has 0 amide bonds. The summed E-state index contributed by atoms with van der Waals surface area (Å²) in [6.07, 6.45) is 7.45. The number of piperidine rings is 1. The molecule has 1 saturated heterocycles. The second-order valence-corrected chi connectivity index (χ2v) is 9.49. The van der Waals surface area contributed by atoms with E-state index in [4.69, 9.17) is 34.8 Å². The Bertz CT molecular complexity index is 1050. The highest BCUT2D eigenvalue weighted by atomic mass is 35.5. The summed E-state index contributed by atoms with van der Waals surface area (Å²) in [7, 11) is 2.10. The van der Waals surface area contributed by atoms with Crippen molar-refractivity contribution < 1.29 is 0 Å². The Kier molecular flexibility index (Phi) is 6.42. The molecule has 2 aliphatic rings. The highest BCUT2D eigenvalue weighted by molar-refractivity contribution is 6.38. The highest BCUT2D eigenvalue weighted by Gasteiger charge is 2.50. The molecule has 31 heavy (non-hydrogen) atoms. The van der Waals surface area contributed by atoms with E-state index >= 15 is 0 Å². The maximum Gasteiger partial charge on any atom is 0.143 e. The summed E-state index contributed by atoms with van der Waals surface area (Å²) in [4.78, 5) is 6.30. The molecule has 1 aliphatic carbocycles. The van der Waals surface area contributed by atoms with Gasteiger partial charge in [-0.25, -0.2) is 0 Å². The number of nitrogens with zero attached hydrogens (tertiary/aromatic N) is 5. The first-order valence-electron chi connectivity index (χ1n) is 10.2. The fourth-order valence-electron chi connectivity index (χ4n) is 4.72. The van der Waals surface area contributed by atoms with Crippen LogP contribution in [0.2, 0.25) is 15.1 Å². The molecule has 0 radical (unpaired) electrons. The third-order valence-electron chi connectivity index (χ3n) is 6.49. The van der Waals surface area contributed by atoms with Crippen molar-refractivity contribution in [2.45, 2.75) is 37.0 Å². The number of hydrogen-bond donors (Lipinski definition) is 0. The van der Waals surface area contributed by atoms with Gasteiger partial charge in [0.1, 0.15) is 11.6 Å². The Hall–Kier alpha value is -1.53. The molecule has 3 aromatic rings. The molecule has 0 atom stereocenters. The van der Waals surface area contributed by atoms with Gasteiger partial charge in [0.15, 0.2) is 0 Å². The van der Waals surface area contributed by atoms with E-state index in [1.165, 1.54) is 5.56 Å². The van der Waals surface area contributed by atoms with Crippen molar-refractivity contribution in [3.05, 3.63) is 68.9 Å². The van der Waals surface area contributed by atoms with E-state index in [2.05, 4.69) is 43.8 Å². The Labute approximate surface area is 203 Å². The van der Waals surface area contributed by atoms with E-state index in [1.54, 1.807) is 12.4 Å². The molecule has 0 unspecified atom stereocenters. The van der Waals surface area contributed by atoms with Gasteiger partial charge in [-0.1, -0.05) is 46.9 Å². The fourth-order valence-corrected chi connectivity index (χ4v) is 5.45. The van der Waals surface area contributed by atoms with E-state index in [9.17, 15) is 0 Å². The van der Waals surface area contributed by atoms with Gasteiger partial charge in [0, 0.05) is 43.5 Å². The Morgan fingerprint density at radius 2 is 1.55 bits per heavy atom. The van der Waals surface area contributed by atoms with Crippen LogP contribution < -0.4 is 4.90 Å². The van der Waals surface area contributed by atoms with Crippen LogP contribution in [0.4, 0.5) is 5.69 Å². The van der Waals surface area contributed by atoms with Crippen molar-refractivity contribution in [3.63, 3.8) is 0 Å². The monoisotopic (exact) mass is 497 g/mol. The SMILES string of the molecule is Cl.Cn1c(C2CCN(c3c(Cl)cncc3Cl)CC2)nnc1C1(c2ccc(Cl)cc2)CC1. The smallest absolute Gasteiger partial charge is 0.143 e. The van der Waals surface area contributed by atoms with Crippen LogP contribution in [-0.2, 0) is 12.5 Å². The molecule has 0 N–H and O–H groups in total. The number of pyridine rings is 1. The van der Waals surface area contributed by atoms with E-state index in [0.29, 0.717) is 16.0 Å². The van der Waals surface area contributed by atoms with Crippen LogP contribution in [0.3, 0.4) is 0 Å². The number of halogens is 4. The molecule has 5 rings (SSSR count). The Morgan fingerprint density at radius 1 is 0.935 bits per heavy atom. The number of aromatic nitrogens is 4. The molecule has 1 aliphatic heterocycles. The van der Waals surface area contributed by atoms with Gasteiger partial charge in [-0.3, -0.25) is 4.98 Å². The number of benzene rings is 1. The molecule has 0 bridgehead atoms. The molecule has 2 fully saturated rings. The molecule has 3 heterocycles. The molecule has 5 nitrogen and oxygen atoms in total. The van der Waals surface area contributed by atoms with Crippen LogP contribution in [-0.4, -0.2) is 32.8 Å². The molecule has 0 spiro atoms. The molecule has 1 aromatic carbocycles. The first kappa shape index (κ1) is 22.7. The van der Waals surface area contributed by atoms with Crippen molar-refractivity contribution >= 4 is 52.9 Å². The molecule has 1 saturated carbocycles. The van der Waals surface area contributed by atoms with Gasteiger partial charge in [0.25, 0.3) is 0 Å². The lowest BCUT2D eigenvalue weighted by molar-refractivity contribution is 0.471.